The normalized spacial score (nSPS) is 15.3. The van der Waals surface area contributed by atoms with Gasteiger partial charge in [-0.3, -0.25) is 9.48 Å². The number of alkyl halides is 2. The smallest absolute Gasteiger partial charge is 0.326 e. The number of amides is 1. The number of aryl methyl sites for hydroxylation is 1. The fourth-order valence-corrected chi connectivity index (χ4v) is 1.97. The van der Waals surface area contributed by atoms with Crippen molar-refractivity contribution >= 4 is 5.91 Å². The Balaban J connectivity index is 1.70. The molecule has 1 amide bonds. The number of terminal acetylenes is 1. The van der Waals surface area contributed by atoms with Gasteiger partial charge in [-0.25, -0.2) is 0 Å². The maximum Gasteiger partial charge on any atom is 0.326 e. The average Bonchev–Trinajstić information content (AvgIpc) is 3.06. The van der Waals surface area contributed by atoms with Crippen LogP contribution in [0.2, 0.25) is 0 Å². The minimum absolute atomic E-state index is 0.0236. The van der Waals surface area contributed by atoms with Crippen LogP contribution < -0.4 is 5.32 Å². The Kier molecular flexibility index (Phi) is 4.85. The summed E-state index contributed by atoms with van der Waals surface area (Å²) in [5.74, 6) is -2.24. The van der Waals surface area contributed by atoms with Crippen molar-refractivity contribution in [3.05, 3.63) is 18.5 Å². The third kappa shape index (κ3) is 4.35. The maximum atomic E-state index is 13.7. The molecule has 2 heterocycles. The van der Waals surface area contributed by atoms with Gasteiger partial charge in [0.1, 0.15) is 0 Å². The maximum absolute atomic E-state index is 13.7. The lowest BCUT2D eigenvalue weighted by molar-refractivity contribution is -0.146. The van der Waals surface area contributed by atoms with Crippen LogP contribution in [0.25, 0.3) is 0 Å². The second kappa shape index (κ2) is 6.64. The molecule has 0 saturated heterocycles. The van der Waals surface area contributed by atoms with Crippen LogP contribution >= 0.6 is 0 Å². The molecule has 0 bridgehead atoms. The van der Waals surface area contributed by atoms with E-state index in [1.807, 2.05) is 0 Å². The molecule has 0 saturated carbocycles. The van der Waals surface area contributed by atoms with E-state index in [0.29, 0.717) is 19.3 Å². The summed E-state index contributed by atoms with van der Waals surface area (Å²) in [6, 6.07) is 1.64. The number of halogens is 2. The molecule has 0 fully saturated rings. The van der Waals surface area contributed by atoms with Crippen LogP contribution in [0.5, 0.6) is 0 Å². The third-order valence-corrected chi connectivity index (χ3v) is 3.41. The molecule has 0 spiro atoms. The Hall–Kier alpha value is -2.30. The molecule has 1 N–H and O–H groups in total. The summed E-state index contributed by atoms with van der Waals surface area (Å²) in [4.78, 5) is 11.6. The first-order valence-corrected chi connectivity index (χ1v) is 6.99. The van der Waals surface area contributed by atoms with Gasteiger partial charge in [-0.2, -0.15) is 24.1 Å². The number of hydrogen-bond donors (Lipinski definition) is 1. The van der Waals surface area contributed by atoms with Crippen molar-refractivity contribution in [3.63, 3.8) is 0 Å². The van der Waals surface area contributed by atoms with E-state index in [0.717, 1.165) is 0 Å². The van der Waals surface area contributed by atoms with Gasteiger partial charge in [0.15, 0.2) is 5.66 Å². The summed E-state index contributed by atoms with van der Waals surface area (Å²) in [5.41, 5.74) is -0.579. The summed E-state index contributed by atoms with van der Waals surface area (Å²) in [5, 5.41) is 13.8. The first-order chi connectivity index (χ1) is 10.5. The van der Waals surface area contributed by atoms with Gasteiger partial charge in [0.2, 0.25) is 0 Å². The fourth-order valence-electron chi connectivity index (χ4n) is 1.97. The lowest BCUT2D eigenvalue weighted by atomic mass is 10.0. The van der Waals surface area contributed by atoms with E-state index in [2.05, 4.69) is 26.6 Å². The van der Waals surface area contributed by atoms with Crippen molar-refractivity contribution in [2.75, 3.05) is 6.54 Å². The zero-order valence-corrected chi connectivity index (χ0v) is 12.0. The standard InChI is InChI=1S/C14H17F2N5O/c1-2-3-5-13(19-20-13)6-9-17-12(22)14(15,16)7-11-21-10-4-8-18-21/h1,4,8,10H,3,5-7,9,11H2,(H,17,22). The van der Waals surface area contributed by atoms with Crippen molar-refractivity contribution in [1.29, 1.82) is 0 Å². The van der Waals surface area contributed by atoms with Crippen molar-refractivity contribution in [1.82, 2.24) is 15.1 Å². The second-order valence-electron chi connectivity index (χ2n) is 5.12. The predicted molar refractivity (Wildman–Crippen MR) is 75.1 cm³/mol. The summed E-state index contributed by atoms with van der Waals surface area (Å²) < 4.78 is 28.8. The molecule has 6 nitrogen and oxygen atoms in total. The van der Waals surface area contributed by atoms with Crippen molar-refractivity contribution < 1.29 is 13.6 Å². The van der Waals surface area contributed by atoms with Crippen LogP contribution in [0.1, 0.15) is 25.7 Å². The van der Waals surface area contributed by atoms with Gasteiger partial charge in [0, 0.05) is 51.2 Å². The van der Waals surface area contributed by atoms with Crippen LogP contribution in [-0.4, -0.2) is 33.8 Å². The first kappa shape index (κ1) is 16.1. The summed E-state index contributed by atoms with van der Waals surface area (Å²) in [6.45, 7) is 0.0674. The van der Waals surface area contributed by atoms with E-state index in [1.54, 1.807) is 12.3 Å². The molecule has 0 unspecified atom stereocenters. The van der Waals surface area contributed by atoms with E-state index in [1.165, 1.54) is 10.9 Å². The van der Waals surface area contributed by atoms with Crippen LogP contribution in [0.3, 0.4) is 0 Å². The quantitative estimate of drug-likeness (QED) is 0.709. The van der Waals surface area contributed by atoms with Gasteiger partial charge in [-0.15, -0.1) is 12.3 Å². The molecule has 1 aliphatic rings. The number of carbonyl (C=O) groups is 1. The minimum Gasteiger partial charge on any atom is -0.351 e. The van der Waals surface area contributed by atoms with Crippen LogP contribution in [-0.2, 0) is 11.3 Å². The molecule has 22 heavy (non-hydrogen) atoms. The van der Waals surface area contributed by atoms with Gasteiger partial charge in [0.25, 0.3) is 5.91 Å². The zero-order chi connectivity index (χ0) is 16.1. The number of nitrogens with one attached hydrogen (secondary N) is 1. The second-order valence-corrected chi connectivity index (χ2v) is 5.12. The highest BCUT2D eigenvalue weighted by molar-refractivity contribution is 5.83. The van der Waals surface area contributed by atoms with Gasteiger partial charge in [-0.05, 0) is 6.07 Å². The molecular weight excluding hydrogens is 292 g/mol. The number of aromatic nitrogens is 2. The highest BCUT2D eigenvalue weighted by Crippen LogP contribution is 2.36. The molecule has 0 radical (unpaired) electrons. The molecule has 1 aromatic rings. The highest BCUT2D eigenvalue weighted by Gasteiger charge is 2.41. The molecule has 1 aliphatic heterocycles. The summed E-state index contributed by atoms with van der Waals surface area (Å²) >= 11 is 0. The van der Waals surface area contributed by atoms with E-state index in [9.17, 15) is 13.6 Å². The molecule has 118 valence electrons. The SMILES string of the molecule is C#CCCC1(CCNC(=O)C(F)(F)CCn2cccn2)N=N1. The molecular formula is C14H17F2N5O. The average molecular weight is 309 g/mol. The minimum atomic E-state index is -3.43. The van der Waals surface area contributed by atoms with Crippen molar-refractivity contribution in [3.8, 4) is 12.3 Å². The van der Waals surface area contributed by atoms with Gasteiger partial charge in [0.05, 0.1) is 0 Å². The van der Waals surface area contributed by atoms with Crippen molar-refractivity contribution in [2.45, 2.75) is 43.8 Å². The fraction of sp³-hybridized carbons (Fsp3) is 0.571. The van der Waals surface area contributed by atoms with E-state index in [4.69, 9.17) is 6.42 Å². The molecule has 2 rings (SSSR count). The summed E-state index contributed by atoms with van der Waals surface area (Å²) in [6.07, 6.45) is 9.11. The highest BCUT2D eigenvalue weighted by atomic mass is 19.3. The first-order valence-electron chi connectivity index (χ1n) is 6.99. The Bertz CT molecular complexity index is 571. The number of rotatable bonds is 9. The Morgan fingerprint density at radius 1 is 1.41 bits per heavy atom. The van der Waals surface area contributed by atoms with E-state index >= 15 is 0 Å². The van der Waals surface area contributed by atoms with Crippen molar-refractivity contribution in [2.24, 2.45) is 10.2 Å². The monoisotopic (exact) mass is 309 g/mol. The number of nitrogens with zero attached hydrogens (tertiary/aromatic N) is 4. The van der Waals surface area contributed by atoms with Gasteiger partial charge in [-0.1, -0.05) is 0 Å². The van der Waals surface area contributed by atoms with Crippen LogP contribution in [0, 0.1) is 12.3 Å². The molecule has 8 heteroatoms. The molecule has 1 aromatic heterocycles. The Labute approximate surface area is 127 Å². The molecule has 0 atom stereocenters. The molecule has 0 aliphatic carbocycles. The van der Waals surface area contributed by atoms with Crippen LogP contribution in [0.4, 0.5) is 8.78 Å². The third-order valence-electron chi connectivity index (χ3n) is 3.41. The predicted octanol–water partition coefficient (Wildman–Crippen LogP) is 1.99. The van der Waals surface area contributed by atoms with Crippen LogP contribution in [0.15, 0.2) is 28.7 Å². The van der Waals surface area contributed by atoms with E-state index in [-0.39, 0.29) is 13.1 Å². The topological polar surface area (TPSA) is 71.6 Å². The Morgan fingerprint density at radius 3 is 2.77 bits per heavy atom. The number of carbonyl (C=O) groups excluding carboxylic acids is 1. The largest absolute Gasteiger partial charge is 0.351 e. The zero-order valence-electron chi connectivity index (χ0n) is 12.0. The summed E-state index contributed by atoms with van der Waals surface area (Å²) in [7, 11) is 0. The lowest BCUT2D eigenvalue weighted by Crippen LogP contribution is -2.42. The van der Waals surface area contributed by atoms with Gasteiger partial charge < -0.3 is 5.32 Å². The number of hydrogen-bond acceptors (Lipinski definition) is 4. The Morgan fingerprint density at radius 2 is 2.18 bits per heavy atom. The lowest BCUT2D eigenvalue weighted by Gasteiger charge is -2.16. The molecule has 0 aromatic carbocycles. The van der Waals surface area contributed by atoms with E-state index < -0.39 is 23.9 Å². The van der Waals surface area contributed by atoms with Gasteiger partial charge >= 0.3 is 5.92 Å².